The molecule has 2 heteroatoms. The molecule has 0 bridgehead atoms. The van der Waals surface area contributed by atoms with Crippen molar-refractivity contribution < 1.29 is 5.11 Å². The van der Waals surface area contributed by atoms with Gasteiger partial charge in [0.2, 0.25) is 0 Å². The zero-order valence-corrected chi connectivity index (χ0v) is 10.4. The van der Waals surface area contributed by atoms with Gasteiger partial charge in [0.05, 0.1) is 6.10 Å². The van der Waals surface area contributed by atoms with Crippen molar-refractivity contribution in [2.75, 3.05) is 6.54 Å². The van der Waals surface area contributed by atoms with Gasteiger partial charge in [-0.25, -0.2) is 0 Å². The molecule has 1 aromatic rings. The van der Waals surface area contributed by atoms with Crippen LogP contribution in [0.4, 0.5) is 0 Å². The molecule has 2 atom stereocenters. The Kier molecular flexibility index (Phi) is 3.04. The molecule has 0 aromatic heterocycles. The van der Waals surface area contributed by atoms with Gasteiger partial charge < -0.3 is 5.11 Å². The maximum Gasteiger partial charge on any atom is 0.0685 e. The number of benzene rings is 1. The highest BCUT2D eigenvalue weighted by atomic mass is 16.3. The average molecular weight is 219 g/mol. The van der Waals surface area contributed by atoms with E-state index < -0.39 is 0 Å². The standard InChI is InChI=1S/C14H21NO/c1-14(2,3)15-10-12(16)9-13(15)11-7-5-4-6-8-11/h4-8,12-13,16H,9-10H2,1-3H3. The van der Waals surface area contributed by atoms with Gasteiger partial charge in [-0.15, -0.1) is 0 Å². The number of hydrogen-bond acceptors (Lipinski definition) is 2. The van der Waals surface area contributed by atoms with Crippen LogP contribution in [-0.2, 0) is 0 Å². The average Bonchev–Trinajstić information content (AvgIpc) is 2.61. The molecule has 2 nitrogen and oxygen atoms in total. The Balaban J connectivity index is 2.26. The summed E-state index contributed by atoms with van der Waals surface area (Å²) in [5.74, 6) is 0. The molecule has 0 radical (unpaired) electrons. The number of aliphatic hydroxyl groups excluding tert-OH is 1. The Morgan fingerprint density at radius 1 is 1.19 bits per heavy atom. The van der Waals surface area contributed by atoms with E-state index in [-0.39, 0.29) is 11.6 Å². The number of β-amino-alcohol motifs (C(OH)–C–C–N with tert-alkyl or cyclic N) is 1. The van der Waals surface area contributed by atoms with Crippen molar-refractivity contribution in [2.24, 2.45) is 0 Å². The third kappa shape index (κ3) is 2.28. The minimum Gasteiger partial charge on any atom is -0.392 e. The third-order valence-corrected chi connectivity index (χ3v) is 3.32. The van der Waals surface area contributed by atoms with Crippen LogP contribution in [0.25, 0.3) is 0 Å². The van der Waals surface area contributed by atoms with Gasteiger partial charge in [-0.1, -0.05) is 30.3 Å². The van der Waals surface area contributed by atoms with Gasteiger partial charge in [-0.3, -0.25) is 4.90 Å². The number of hydrogen-bond donors (Lipinski definition) is 1. The molecule has 88 valence electrons. The summed E-state index contributed by atoms with van der Waals surface area (Å²) in [6.45, 7) is 7.41. The van der Waals surface area contributed by atoms with Gasteiger partial charge in [0.15, 0.2) is 0 Å². The highest BCUT2D eigenvalue weighted by molar-refractivity contribution is 5.21. The predicted molar refractivity (Wildman–Crippen MR) is 66.3 cm³/mol. The zero-order chi connectivity index (χ0) is 11.8. The first kappa shape index (κ1) is 11.6. The maximum absolute atomic E-state index is 9.85. The monoisotopic (exact) mass is 219 g/mol. The highest BCUT2D eigenvalue weighted by Gasteiger charge is 2.37. The van der Waals surface area contributed by atoms with E-state index in [1.807, 2.05) is 6.07 Å². The van der Waals surface area contributed by atoms with E-state index in [2.05, 4.69) is 49.9 Å². The fraction of sp³-hybridized carbons (Fsp3) is 0.571. The lowest BCUT2D eigenvalue weighted by atomic mass is 9.99. The second-order valence-electron chi connectivity index (χ2n) is 5.64. The second kappa shape index (κ2) is 4.19. The first-order valence-electron chi connectivity index (χ1n) is 5.98. The normalized spacial score (nSPS) is 27.2. The van der Waals surface area contributed by atoms with Crippen molar-refractivity contribution in [3.8, 4) is 0 Å². The maximum atomic E-state index is 9.85. The van der Waals surface area contributed by atoms with Crippen LogP contribution < -0.4 is 0 Å². The molecule has 0 amide bonds. The lowest BCUT2D eigenvalue weighted by molar-refractivity contribution is 0.104. The van der Waals surface area contributed by atoms with E-state index in [0.29, 0.717) is 6.04 Å². The minimum atomic E-state index is -0.190. The Morgan fingerprint density at radius 2 is 1.81 bits per heavy atom. The number of rotatable bonds is 1. The van der Waals surface area contributed by atoms with Crippen LogP contribution in [0.1, 0.15) is 38.8 Å². The lowest BCUT2D eigenvalue weighted by Gasteiger charge is -2.37. The fourth-order valence-electron chi connectivity index (χ4n) is 2.55. The zero-order valence-electron chi connectivity index (χ0n) is 10.4. The van der Waals surface area contributed by atoms with Crippen LogP contribution in [0.15, 0.2) is 30.3 Å². The van der Waals surface area contributed by atoms with Gasteiger partial charge >= 0.3 is 0 Å². The fourth-order valence-corrected chi connectivity index (χ4v) is 2.55. The first-order chi connectivity index (χ1) is 7.48. The Labute approximate surface area is 97.9 Å². The van der Waals surface area contributed by atoms with Gasteiger partial charge in [-0.05, 0) is 32.8 Å². The summed E-state index contributed by atoms with van der Waals surface area (Å²) in [4.78, 5) is 2.40. The van der Waals surface area contributed by atoms with E-state index in [4.69, 9.17) is 0 Å². The molecule has 1 heterocycles. The van der Waals surface area contributed by atoms with Crippen LogP contribution in [0.3, 0.4) is 0 Å². The number of nitrogens with zero attached hydrogens (tertiary/aromatic N) is 1. The van der Waals surface area contributed by atoms with Crippen LogP contribution in [0.5, 0.6) is 0 Å². The van der Waals surface area contributed by atoms with Gasteiger partial charge in [0.1, 0.15) is 0 Å². The van der Waals surface area contributed by atoms with E-state index in [1.165, 1.54) is 5.56 Å². The largest absolute Gasteiger partial charge is 0.392 e. The molecular formula is C14H21NO. The SMILES string of the molecule is CC(C)(C)N1CC(O)CC1c1ccccc1. The Bertz CT molecular complexity index is 342. The van der Waals surface area contributed by atoms with E-state index in [1.54, 1.807) is 0 Å². The summed E-state index contributed by atoms with van der Waals surface area (Å²) in [6.07, 6.45) is 0.658. The predicted octanol–water partition coefficient (Wildman–Crippen LogP) is 2.59. The van der Waals surface area contributed by atoms with Crippen LogP contribution in [0, 0.1) is 0 Å². The Morgan fingerprint density at radius 3 is 2.38 bits per heavy atom. The molecule has 2 unspecified atom stereocenters. The van der Waals surface area contributed by atoms with Crippen LogP contribution >= 0.6 is 0 Å². The van der Waals surface area contributed by atoms with Crippen molar-refractivity contribution in [3.05, 3.63) is 35.9 Å². The summed E-state index contributed by atoms with van der Waals surface area (Å²) >= 11 is 0. The summed E-state index contributed by atoms with van der Waals surface area (Å²) in [5, 5.41) is 9.85. The summed E-state index contributed by atoms with van der Waals surface area (Å²) in [5.41, 5.74) is 1.42. The second-order valence-corrected chi connectivity index (χ2v) is 5.64. The lowest BCUT2D eigenvalue weighted by Crippen LogP contribution is -2.41. The molecule has 1 aromatic carbocycles. The smallest absolute Gasteiger partial charge is 0.0685 e. The van der Waals surface area contributed by atoms with Crippen molar-refractivity contribution in [3.63, 3.8) is 0 Å². The molecule has 1 saturated heterocycles. The van der Waals surface area contributed by atoms with E-state index in [9.17, 15) is 5.11 Å². The van der Waals surface area contributed by atoms with Gasteiger partial charge in [0, 0.05) is 18.1 Å². The summed E-state index contributed by atoms with van der Waals surface area (Å²) < 4.78 is 0. The molecule has 1 fully saturated rings. The molecule has 2 rings (SSSR count). The Hall–Kier alpha value is -0.860. The number of likely N-dealkylation sites (tertiary alicyclic amines) is 1. The molecule has 1 N–H and O–H groups in total. The van der Waals surface area contributed by atoms with Gasteiger partial charge in [0.25, 0.3) is 0 Å². The molecule has 1 aliphatic heterocycles. The van der Waals surface area contributed by atoms with E-state index in [0.717, 1.165) is 13.0 Å². The molecule has 1 aliphatic rings. The summed E-state index contributed by atoms with van der Waals surface area (Å²) in [7, 11) is 0. The third-order valence-electron chi connectivity index (χ3n) is 3.32. The minimum absolute atomic E-state index is 0.109. The van der Waals surface area contributed by atoms with Crippen molar-refractivity contribution in [1.29, 1.82) is 0 Å². The van der Waals surface area contributed by atoms with E-state index >= 15 is 0 Å². The highest BCUT2D eigenvalue weighted by Crippen LogP contribution is 2.37. The topological polar surface area (TPSA) is 23.5 Å². The molecule has 16 heavy (non-hydrogen) atoms. The quantitative estimate of drug-likeness (QED) is 0.784. The van der Waals surface area contributed by atoms with Crippen LogP contribution in [0.2, 0.25) is 0 Å². The first-order valence-corrected chi connectivity index (χ1v) is 5.98. The van der Waals surface area contributed by atoms with Crippen LogP contribution in [-0.4, -0.2) is 28.2 Å². The number of aliphatic hydroxyl groups is 1. The summed E-state index contributed by atoms with van der Waals surface area (Å²) in [6, 6.07) is 10.8. The molecular weight excluding hydrogens is 198 g/mol. The molecule has 0 saturated carbocycles. The molecule has 0 aliphatic carbocycles. The van der Waals surface area contributed by atoms with Gasteiger partial charge in [-0.2, -0.15) is 0 Å². The van der Waals surface area contributed by atoms with Crippen molar-refractivity contribution in [1.82, 2.24) is 4.90 Å². The molecule has 0 spiro atoms. The van der Waals surface area contributed by atoms with Crippen molar-refractivity contribution >= 4 is 0 Å². The van der Waals surface area contributed by atoms with Crippen molar-refractivity contribution in [2.45, 2.75) is 44.9 Å².